The second kappa shape index (κ2) is 24.1. The monoisotopic (exact) mass is 528 g/mol. The molecule has 1 aromatic rings. The van der Waals surface area contributed by atoms with E-state index in [1.165, 1.54) is 70.6 Å². The van der Waals surface area contributed by atoms with Gasteiger partial charge in [-0.25, -0.2) is 0 Å². The van der Waals surface area contributed by atoms with Gasteiger partial charge in [0.15, 0.2) is 0 Å². The first-order valence-corrected chi connectivity index (χ1v) is 15.2. The van der Waals surface area contributed by atoms with Gasteiger partial charge in [0, 0.05) is 12.8 Å². The van der Waals surface area contributed by atoms with Gasteiger partial charge in [-0.3, -0.25) is 4.79 Å². The maximum absolute atomic E-state index is 10.9. The van der Waals surface area contributed by atoms with Crippen LogP contribution < -0.4 is 10.1 Å². The van der Waals surface area contributed by atoms with Gasteiger partial charge in [0.25, 0.3) is 6.47 Å². The molecular formula is C28H51NO6P+. The van der Waals surface area contributed by atoms with Gasteiger partial charge in [0.05, 0.1) is 33.4 Å². The van der Waals surface area contributed by atoms with E-state index in [0.29, 0.717) is 19.5 Å². The van der Waals surface area contributed by atoms with Gasteiger partial charge in [-0.05, 0) is 24.1 Å². The highest BCUT2D eigenvalue weighted by Crippen LogP contribution is 2.33. The Bertz CT molecular complexity index is 619. The van der Waals surface area contributed by atoms with Crippen LogP contribution in [0.4, 0.5) is 0 Å². The summed E-state index contributed by atoms with van der Waals surface area (Å²) in [6.07, 6.45) is 16.8. The van der Waals surface area contributed by atoms with Crippen LogP contribution in [-0.2, 0) is 25.0 Å². The lowest BCUT2D eigenvalue weighted by Gasteiger charge is -2.17. The Morgan fingerprint density at radius 1 is 0.861 bits per heavy atom. The molecular weight excluding hydrogens is 477 g/mol. The third kappa shape index (κ3) is 18.9. The van der Waals surface area contributed by atoms with Gasteiger partial charge in [0.1, 0.15) is 11.9 Å². The lowest BCUT2D eigenvalue weighted by atomic mass is 10.1. The fraction of sp³-hybridized carbons (Fsp3) is 0.750. The number of benzene rings is 1. The van der Waals surface area contributed by atoms with E-state index < -0.39 is 14.7 Å². The summed E-state index contributed by atoms with van der Waals surface area (Å²) in [7, 11) is 0.0154. The summed E-state index contributed by atoms with van der Waals surface area (Å²) in [4.78, 5) is 20.7. The zero-order valence-corrected chi connectivity index (χ0v) is 23.6. The SMILES string of the molecule is CCCCCCCCCCCCCCOc1ccc(CC(COP(O)OCCC[NH2+]C)OC=O)cc1. The minimum atomic E-state index is -1.97. The molecule has 0 bridgehead atoms. The van der Waals surface area contributed by atoms with Crippen molar-refractivity contribution >= 4 is 15.1 Å². The fourth-order valence-corrected chi connectivity index (χ4v) is 4.61. The number of carbonyl (C=O) groups excluding carboxylic acids is 1. The first-order valence-electron chi connectivity index (χ1n) is 14.0. The summed E-state index contributed by atoms with van der Waals surface area (Å²) in [6.45, 7) is 4.86. The Kier molecular flexibility index (Phi) is 22.0. The second-order valence-electron chi connectivity index (χ2n) is 9.36. The largest absolute Gasteiger partial charge is 0.494 e. The van der Waals surface area contributed by atoms with Crippen LogP contribution in [0.1, 0.15) is 96.0 Å². The lowest BCUT2D eigenvalue weighted by Crippen LogP contribution is -2.79. The number of quaternary nitrogens is 1. The Balaban J connectivity index is 2.13. The summed E-state index contributed by atoms with van der Waals surface area (Å²) in [5.74, 6) is 0.850. The van der Waals surface area contributed by atoms with Gasteiger partial charge in [-0.15, -0.1) is 0 Å². The Morgan fingerprint density at radius 3 is 2.06 bits per heavy atom. The highest BCUT2D eigenvalue weighted by molar-refractivity contribution is 7.40. The molecule has 1 aromatic carbocycles. The number of ether oxygens (including phenoxy) is 2. The Hall–Kier alpha value is -1.24. The van der Waals surface area contributed by atoms with E-state index in [9.17, 15) is 9.69 Å². The summed E-state index contributed by atoms with van der Waals surface area (Å²) in [6, 6.07) is 7.83. The molecule has 0 fully saturated rings. The minimum Gasteiger partial charge on any atom is -0.494 e. The predicted molar refractivity (Wildman–Crippen MR) is 146 cm³/mol. The van der Waals surface area contributed by atoms with Crippen molar-refractivity contribution in [3.63, 3.8) is 0 Å². The maximum atomic E-state index is 10.9. The zero-order valence-electron chi connectivity index (χ0n) is 22.7. The normalized spacial score (nSPS) is 12.9. The van der Waals surface area contributed by atoms with E-state index >= 15 is 0 Å². The quantitative estimate of drug-likeness (QED) is 0.0913. The van der Waals surface area contributed by atoms with Crippen molar-refractivity contribution in [2.75, 3.05) is 33.4 Å². The van der Waals surface area contributed by atoms with Crippen molar-refractivity contribution in [1.29, 1.82) is 0 Å². The molecule has 0 aliphatic carbocycles. The number of unbranched alkanes of at least 4 members (excludes halogenated alkanes) is 11. The van der Waals surface area contributed by atoms with Crippen LogP contribution in [0.3, 0.4) is 0 Å². The molecule has 0 aromatic heterocycles. The van der Waals surface area contributed by atoms with Crippen LogP contribution in [0.5, 0.6) is 5.75 Å². The van der Waals surface area contributed by atoms with Crippen molar-refractivity contribution in [3.05, 3.63) is 29.8 Å². The fourth-order valence-electron chi connectivity index (χ4n) is 3.96. The smallest absolute Gasteiger partial charge is 0.329 e. The van der Waals surface area contributed by atoms with Gasteiger partial charge in [0.2, 0.25) is 0 Å². The highest BCUT2D eigenvalue weighted by atomic mass is 31.2. The zero-order chi connectivity index (χ0) is 26.1. The van der Waals surface area contributed by atoms with Crippen molar-refractivity contribution in [3.8, 4) is 5.75 Å². The maximum Gasteiger partial charge on any atom is 0.329 e. The minimum absolute atomic E-state index is 0.0814. The van der Waals surface area contributed by atoms with Crippen LogP contribution in [0.2, 0.25) is 0 Å². The molecule has 2 unspecified atom stereocenters. The highest BCUT2D eigenvalue weighted by Gasteiger charge is 2.15. The van der Waals surface area contributed by atoms with E-state index in [1.54, 1.807) is 0 Å². The molecule has 0 saturated carbocycles. The van der Waals surface area contributed by atoms with Crippen molar-refractivity contribution in [2.45, 2.75) is 103 Å². The van der Waals surface area contributed by atoms with Crippen LogP contribution in [-0.4, -0.2) is 50.9 Å². The van der Waals surface area contributed by atoms with Gasteiger partial charge >= 0.3 is 8.60 Å². The van der Waals surface area contributed by atoms with Crippen LogP contribution in [0.25, 0.3) is 0 Å². The lowest BCUT2D eigenvalue weighted by molar-refractivity contribution is -0.627. The molecule has 7 nitrogen and oxygen atoms in total. The number of hydrogen-bond acceptors (Lipinski definition) is 6. The second-order valence-corrected chi connectivity index (χ2v) is 10.3. The Labute approximate surface area is 220 Å². The standard InChI is InChI=1S/C28H50NO6P/c1-3-4-5-6-7-8-9-10-11-12-13-14-21-32-27-18-16-26(17-19-27)23-28(33-25-30)24-35-36(31)34-22-15-20-29-2/h16-19,25,28-29,31H,3-15,20-24H2,1-2H3/p+1. The van der Waals surface area contributed by atoms with Crippen LogP contribution >= 0.6 is 8.60 Å². The first kappa shape index (κ1) is 32.8. The van der Waals surface area contributed by atoms with Crippen LogP contribution in [0, 0.1) is 0 Å². The number of hydrogen-bond donors (Lipinski definition) is 2. The molecule has 0 radical (unpaired) electrons. The third-order valence-electron chi connectivity index (χ3n) is 6.11. The molecule has 0 spiro atoms. The number of rotatable bonds is 26. The van der Waals surface area contributed by atoms with Gasteiger partial charge in [-0.2, -0.15) is 0 Å². The number of carbonyl (C=O) groups is 1. The molecule has 2 atom stereocenters. The van der Waals surface area contributed by atoms with E-state index in [0.717, 1.165) is 37.3 Å². The predicted octanol–water partition coefficient (Wildman–Crippen LogP) is 5.69. The third-order valence-corrected chi connectivity index (χ3v) is 6.88. The van der Waals surface area contributed by atoms with Crippen LogP contribution in [0.15, 0.2) is 24.3 Å². The molecule has 208 valence electrons. The van der Waals surface area contributed by atoms with E-state index in [-0.39, 0.29) is 6.61 Å². The topological polar surface area (TPSA) is 90.8 Å². The molecule has 8 heteroatoms. The molecule has 0 saturated heterocycles. The van der Waals surface area contributed by atoms with Crippen molar-refractivity contribution in [2.24, 2.45) is 0 Å². The first-order chi connectivity index (χ1) is 17.7. The molecule has 36 heavy (non-hydrogen) atoms. The number of nitrogens with two attached hydrogens (primary N) is 1. The molecule has 0 aliphatic rings. The van der Waals surface area contributed by atoms with Crippen molar-refractivity contribution in [1.82, 2.24) is 0 Å². The average Bonchev–Trinajstić information content (AvgIpc) is 2.89. The van der Waals surface area contributed by atoms with Crippen molar-refractivity contribution < 1.29 is 33.5 Å². The summed E-state index contributed by atoms with van der Waals surface area (Å²) in [5, 5.41) is 2.05. The van der Waals surface area contributed by atoms with E-state index in [1.807, 2.05) is 36.6 Å². The average molecular weight is 529 g/mol. The molecule has 3 N–H and O–H groups in total. The summed E-state index contributed by atoms with van der Waals surface area (Å²) >= 11 is 0. The van der Waals surface area contributed by atoms with Gasteiger partial charge in [-0.1, -0.05) is 89.7 Å². The van der Waals surface area contributed by atoms with E-state index in [4.69, 9.17) is 18.5 Å². The molecule has 0 heterocycles. The Morgan fingerprint density at radius 2 is 1.47 bits per heavy atom. The van der Waals surface area contributed by atoms with Gasteiger partial charge < -0.3 is 28.7 Å². The molecule has 0 aliphatic heterocycles. The summed E-state index contributed by atoms with van der Waals surface area (Å²) < 4.78 is 21.6. The summed E-state index contributed by atoms with van der Waals surface area (Å²) in [5.41, 5.74) is 1.00. The molecule has 0 amide bonds. The molecule has 1 rings (SSSR count). The van der Waals surface area contributed by atoms with E-state index in [2.05, 4.69) is 6.92 Å².